The number of carbonyl (C=O) groups is 3. The number of rotatable bonds is 13. The second-order valence-electron chi connectivity index (χ2n) is 10.3. The Morgan fingerprint density at radius 1 is 0.907 bits per heavy atom. The number of nitrogens with one attached hydrogen (secondary N) is 2. The number of fused-ring (bicyclic) bond motifs is 2. The first-order chi connectivity index (χ1) is 20.9. The molecule has 1 heterocycles. The molecule has 222 valence electrons. The van der Waals surface area contributed by atoms with Crippen molar-refractivity contribution >= 4 is 28.6 Å². The number of benzene rings is 4. The van der Waals surface area contributed by atoms with Crippen LogP contribution < -0.4 is 30.6 Å². The summed E-state index contributed by atoms with van der Waals surface area (Å²) in [7, 11) is 0. The summed E-state index contributed by atoms with van der Waals surface area (Å²) in [5, 5.41) is 16.3. The van der Waals surface area contributed by atoms with Crippen LogP contribution in [-0.4, -0.2) is 54.9 Å². The molecule has 0 fully saturated rings. The first kappa shape index (κ1) is 29.4. The van der Waals surface area contributed by atoms with Crippen molar-refractivity contribution in [3.8, 4) is 17.2 Å². The Bertz CT molecular complexity index is 1610. The van der Waals surface area contributed by atoms with Crippen LogP contribution in [0.1, 0.15) is 27.9 Å². The van der Waals surface area contributed by atoms with E-state index in [0.717, 1.165) is 16.5 Å². The fourth-order valence-electron chi connectivity index (χ4n) is 4.94. The topological polar surface area (TPSA) is 149 Å². The van der Waals surface area contributed by atoms with Gasteiger partial charge >= 0.3 is 5.97 Å². The van der Waals surface area contributed by atoms with Crippen molar-refractivity contribution in [3.05, 3.63) is 102 Å². The Hall–Kier alpha value is -5.09. The van der Waals surface area contributed by atoms with Gasteiger partial charge in [0.2, 0.25) is 12.7 Å². The third-order valence-electron chi connectivity index (χ3n) is 7.06. The molecule has 2 amide bonds. The zero-order chi connectivity index (χ0) is 30.2. The van der Waals surface area contributed by atoms with Crippen molar-refractivity contribution in [2.75, 3.05) is 19.9 Å². The highest BCUT2D eigenvalue weighted by Gasteiger charge is 2.27. The van der Waals surface area contributed by atoms with E-state index in [1.165, 1.54) is 0 Å². The average Bonchev–Trinajstić information content (AvgIpc) is 3.47. The summed E-state index contributed by atoms with van der Waals surface area (Å²) in [5.41, 5.74) is 8.50. The number of aliphatic carboxylic acids is 1. The summed E-state index contributed by atoms with van der Waals surface area (Å²) >= 11 is 0. The standard InChI is InChI=1S/C33H33N3O7/c34-24(16-21-6-2-1-3-7-21)19-41-28-13-11-23-8-4-5-9-25(23)31(28)33(40)36-26(18-30(37)38)32(39)35-15-14-22-10-12-27-29(17-22)43-20-42-27/h1-13,17,24,26H,14-16,18-20,34H2,(H,35,39)(H,36,40)(H,37,38)/t24-,26+/m1/s1. The minimum Gasteiger partial charge on any atom is -0.491 e. The zero-order valence-corrected chi connectivity index (χ0v) is 23.5. The van der Waals surface area contributed by atoms with Crippen LogP contribution in [0.15, 0.2) is 84.9 Å². The van der Waals surface area contributed by atoms with Gasteiger partial charge in [-0.1, -0.05) is 66.7 Å². The highest BCUT2D eigenvalue weighted by Crippen LogP contribution is 2.32. The predicted octanol–water partition coefficient (Wildman–Crippen LogP) is 3.45. The molecule has 4 aromatic rings. The van der Waals surface area contributed by atoms with Crippen molar-refractivity contribution in [1.82, 2.24) is 10.6 Å². The molecule has 5 N–H and O–H groups in total. The Kier molecular flexibility index (Phi) is 9.38. The molecular weight excluding hydrogens is 550 g/mol. The van der Waals surface area contributed by atoms with Crippen molar-refractivity contribution in [2.45, 2.75) is 31.3 Å². The third kappa shape index (κ3) is 7.60. The van der Waals surface area contributed by atoms with E-state index in [1.54, 1.807) is 24.3 Å². The maximum absolute atomic E-state index is 13.7. The summed E-state index contributed by atoms with van der Waals surface area (Å²) in [6.45, 7) is 0.537. The van der Waals surface area contributed by atoms with Gasteiger partial charge in [-0.05, 0) is 52.9 Å². The molecule has 10 nitrogen and oxygen atoms in total. The highest BCUT2D eigenvalue weighted by molar-refractivity contribution is 6.10. The van der Waals surface area contributed by atoms with Crippen LogP contribution >= 0.6 is 0 Å². The SMILES string of the molecule is N[C@@H](COc1ccc2ccccc2c1C(=O)N[C@@H](CC(=O)O)C(=O)NCCc1ccc2c(c1)OCO2)Cc1ccccc1. The van der Waals surface area contributed by atoms with E-state index < -0.39 is 30.2 Å². The molecule has 0 aromatic heterocycles. The largest absolute Gasteiger partial charge is 0.491 e. The monoisotopic (exact) mass is 583 g/mol. The molecule has 0 spiro atoms. The maximum atomic E-state index is 13.7. The van der Waals surface area contributed by atoms with Crippen molar-refractivity contribution in [2.24, 2.45) is 5.73 Å². The molecule has 0 aliphatic carbocycles. The van der Waals surface area contributed by atoms with E-state index in [1.807, 2.05) is 60.7 Å². The van der Waals surface area contributed by atoms with Gasteiger partial charge in [0, 0.05) is 12.6 Å². The first-order valence-electron chi connectivity index (χ1n) is 14.0. The number of amides is 2. The van der Waals surface area contributed by atoms with Gasteiger partial charge in [0.15, 0.2) is 11.5 Å². The lowest BCUT2D eigenvalue weighted by Crippen LogP contribution is -2.48. The fraction of sp³-hybridized carbons (Fsp3) is 0.242. The van der Waals surface area contributed by atoms with E-state index >= 15 is 0 Å². The Morgan fingerprint density at radius 3 is 2.49 bits per heavy atom. The summed E-state index contributed by atoms with van der Waals surface area (Å²) in [5.74, 6) is -0.875. The summed E-state index contributed by atoms with van der Waals surface area (Å²) in [6, 6.07) is 24.4. The minimum atomic E-state index is -1.31. The Balaban J connectivity index is 1.28. The Labute approximate surface area is 248 Å². The molecule has 5 rings (SSSR count). The number of ether oxygens (including phenoxy) is 3. The second-order valence-corrected chi connectivity index (χ2v) is 10.3. The second kappa shape index (κ2) is 13.7. The molecule has 1 aliphatic rings. The molecule has 10 heteroatoms. The quantitative estimate of drug-likeness (QED) is 0.187. The molecular formula is C33H33N3O7. The minimum absolute atomic E-state index is 0.145. The van der Waals surface area contributed by atoms with Crippen LogP contribution in [0, 0.1) is 0 Å². The number of carboxylic acids is 1. The van der Waals surface area contributed by atoms with E-state index in [2.05, 4.69) is 10.6 Å². The van der Waals surface area contributed by atoms with Gasteiger partial charge in [0.25, 0.3) is 5.91 Å². The number of carboxylic acid groups (broad SMARTS) is 1. The molecule has 0 saturated carbocycles. The molecule has 2 atom stereocenters. The van der Waals surface area contributed by atoms with E-state index in [0.29, 0.717) is 29.7 Å². The van der Waals surface area contributed by atoms with Crippen LogP contribution in [-0.2, 0) is 22.4 Å². The summed E-state index contributed by atoms with van der Waals surface area (Å²) < 4.78 is 16.8. The van der Waals surface area contributed by atoms with Gasteiger partial charge in [-0.15, -0.1) is 0 Å². The van der Waals surface area contributed by atoms with E-state index in [9.17, 15) is 19.5 Å². The lowest BCUT2D eigenvalue weighted by atomic mass is 10.0. The van der Waals surface area contributed by atoms with Gasteiger partial charge in [-0.2, -0.15) is 0 Å². The fourth-order valence-corrected chi connectivity index (χ4v) is 4.94. The number of carbonyl (C=O) groups excluding carboxylic acids is 2. The molecule has 0 saturated heterocycles. The van der Waals surface area contributed by atoms with Crippen LogP contribution in [0.5, 0.6) is 17.2 Å². The van der Waals surface area contributed by atoms with Crippen LogP contribution in [0.25, 0.3) is 10.8 Å². The molecule has 1 aliphatic heterocycles. The summed E-state index contributed by atoms with van der Waals surface area (Å²) in [6.07, 6.45) is 0.467. The van der Waals surface area contributed by atoms with Crippen LogP contribution in [0.2, 0.25) is 0 Å². The molecule has 4 aromatic carbocycles. The van der Waals surface area contributed by atoms with Gasteiger partial charge in [0.1, 0.15) is 18.4 Å². The summed E-state index contributed by atoms with van der Waals surface area (Å²) in [4.78, 5) is 38.4. The Morgan fingerprint density at radius 2 is 1.67 bits per heavy atom. The van der Waals surface area contributed by atoms with Gasteiger partial charge < -0.3 is 35.7 Å². The average molecular weight is 584 g/mol. The molecule has 0 bridgehead atoms. The lowest BCUT2D eigenvalue weighted by molar-refractivity contribution is -0.139. The lowest BCUT2D eigenvalue weighted by Gasteiger charge is -2.20. The highest BCUT2D eigenvalue weighted by atomic mass is 16.7. The first-order valence-corrected chi connectivity index (χ1v) is 14.0. The molecule has 0 radical (unpaired) electrons. The van der Waals surface area contributed by atoms with Crippen molar-refractivity contribution in [3.63, 3.8) is 0 Å². The van der Waals surface area contributed by atoms with Crippen molar-refractivity contribution < 1.29 is 33.7 Å². The molecule has 0 unspecified atom stereocenters. The van der Waals surface area contributed by atoms with Gasteiger partial charge in [-0.25, -0.2) is 0 Å². The van der Waals surface area contributed by atoms with Crippen LogP contribution in [0.3, 0.4) is 0 Å². The molecule has 43 heavy (non-hydrogen) atoms. The predicted molar refractivity (Wildman–Crippen MR) is 160 cm³/mol. The normalized spacial score (nSPS) is 13.2. The van der Waals surface area contributed by atoms with Gasteiger partial charge in [0.05, 0.1) is 12.0 Å². The van der Waals surface area contributed by atoms with E-state index in [4.69, 9.17) is 19.9 Å². The number of nitrogens with two attached hydrogens (primary N) is 1. The van der Waals surface area contributed by atoms with E-state index in [-0.39, 0.29) is 37.3 Å². The van der Waals surface area contributed by atoms with Gasteiger partial charge in [-0.3, -0.25) is 14.4 Å². The number of hydrogen-bond acceptors (Lipinski definition) is 7. The third-order valence-corrected chi connectivity index (χ3v) is 7.06. The van der Waals surface area contributed by atoms with Crippen LogP contribution in [0.4, 0.5) is 0 Å². The number of hydrogen-bond donors (Lipinski definition) is 4. The smallest absolute Gasteiger partial charge is 0.305 e. The van der Waals surface area contributed by atoms with Crippen molar-refractivity contribution in [1.29, 1.82) is 0 Å². The zero-order valence-electron chi connectivity index (χ0n) is 23.5. The maximum Gasteiger partial charge on any atom is 0.305 e.